The Morgan fingerprint density at radius 2 is 1.86 bits per heavy atom. The van der Waals surface area contributed by atoms with Crippen molar-refractivity contribution < 1.29 is 18.8 Å². The molecule has 1 saturated heterocycles. The van der Waals surface area contributed by atoms with Crippen molar-refractivity contribution in [3.05, 3.63) is 30.6 Å². The van der Waals surface area contributed by atoms with Gasteiger partial charge in [0.05, 0.1) is 42.8 Å². The van der Waals surface area contributed by atoms with Gasteiger partial charge in [-0.15, -0.1) is 5.10 Å². The number of ether oxygens (including phenoxy) is 2. The van der Waals surface area contributed by atoms with Gasteiger partial charge in [-0.2, -0.15) is 0 Å². The quantitative estimate of drug-likeness (QED) is 0.623. The monoisotopic (exact) mass is 402 g/mol. The Bertz CT molecular complexity index is 797. The maximum atomic E-state index is 6.16. The molecule has 1 fully saturated rings. The van der Waals surface area contributed by atoms with E-state index >= 15 is 0 Å². The van der Waals surface area contributed by atoms with Gasteiger partial charge in [-0.1, -0.05) is 11.3 Å². The second kappa shape index (κ2) is 8.34. The summed E-state index contributed by atoms with van der Waals surface area (Å²) >= 11 is 0. The van der Waals surface area contributed by atoms with Gasteiger partial charge in [0, 0.05) is 26.9 Å². The van der Waals surface area contributed by atoms with Crippen LogP contribution in [0.15, 0.2) is 30.6 Å². The van der Waals surface area contributed by atoms with Crippen molar-refractivity contribution >= 4 is 18.3 Å². The first-order valence-corrected chi connectivity index (χ1v) is 9.78. The highest BCUT2D eigenvalue weighted by Gasteiger charge is 2.51. The Morgan fingerprint density at radius 1 is 1.17 bits per heavy atom. The number of anilines is 1. The molecule has 0 saturated carbocycles. The van der Waals surface area contributed by atoms with Crippen LogP contribution in [0.5, 0.6) is 5.75 Å². The molecule has 2 heterocycles. The zero-order chi connectivity index (χ0) is 21.2. The first-order valence-electron chi connectivity index (χ1n) is 9.78. The second-order valence-corrected chi connectivity index (χ2v) is 8.38. The molecule has 0 radical (unpaired) electrons. The van der Waals surface area contributed by atoms with E-state index in [0.29, 0.717) is 13.1 Å². The maximum absolute atomic E-state index is 6.16. The largest absolute Gasteiger partial charge is 0.495 e. The Morgan fingerprint density at radius 3 is 2.41 bits per heavy atom. The van der Waals surface area contributed by atoms with Crippen LogP contribution >= 0.6 is 0 Å². The van der Waals surface area contributed by atoms with Crippen molar-refractivity contribution in [3.63, 3.8) is 0 Å². The van der Waals surface area contributed by atoms with Gasteiger partial charge in [0.15, 0.2) is 0 Å². The lowest BCUT2D eigenvalue weighted by atomic mass is 9.79. The lowest BCUT2D eigenvalue weighted by Crippen LogP contribution is -2.41. The van der Waals surface area contributed by atoms with E-state index < -0.39 is 7.12 Å². The molecule has 1 aromatic carbocycles. The fourth-order valence-corrected chi connectivity index (χ4v) is 3.28. The van der Waals surface area contributed by atoms with Crippen LogP contribution in [-0.2, 0) is 20.6 Å². The number of nitrogens with zero attached hydrogens (tertiary/aromatic N) is 4. The second-order valence-electron chi connectivity index (χ2n) is 8.38. The minimum Gasteiger partial charge on any atom is -0.495 e. The molecule has 2 aromatic rings. The molecule has 1 atom stereocenters. The normalized spacial score (nSPS) is 18.7. The summed E-state index contributed by atoms with van der Waals surface area (Å²) in [6.07, 6.45) is 3.44. The van der Waals surface area contributed by atoms with Gasteiger partial charge in [0.25, 0.3) is 0 Å². The first kappa shape index (κ1) is 21.6. The molecular formula is C20H31BN4O4. The fraction of sp³-hybridized carbons (Fsp3) is 0.600. The van der Waals surface area contributed by atoms with Gasteiger partial charge < -0.3 is 23.7 Å². The van der Waals surface area contributed by atoms with E-state index in [4.69, 9.17) is 18.8 Å². The van der Waals surface area contributed by atoms with Crippen molar-refractivity contribution in [2.45, 2.75) is 51.5 Å². The molecule has 0 amide bonds. The third kappa shape index (κ3) is 4.57. The summed E-state index contributed by atoms with van der Waals surface area (Å²) in [6.45, 7) is 9.48. The molecule has 29 heavy (non-hydrogen) atoms. The Labute approximate surface area is 173 Å². The maximum Gasteiger partial charge on any atom is 0.494 e. The number of benzene rings is 1. The summed E-state index contributed by atoms with van der Waals surface area (Å²) in [6, 6.07) is 6.03. The van der Waals surface area contributed by atoms with E-state index in [-0.39, 0.29) is 17.3 Å². The molecule has 1 aliphatic rings. The van der Waals surface area contributed by atoms with Crippen LogP contribution in [0.3, 0.4) is 0 Å². The molecule has 8 nitrogen and oxygen atoms in total. The van der Waals surface area contributed by atoms with Crippen molar-refractivity contribution in [3.8, 4) is 5.75 Å². The topological polar surface area (TPSA) is 70.9 Å². The minimum atomic E-state index is -0.424. The highest BCUT2D eigenvalue weighted by molar-refractivity contribution is 6.62. The van der Waals surface area contributed by atoms with E-state index in [2.05, 4.69) is 15.2 Å². The van der Waals surface area contributed by atoms with Crippen molar-refractivity contribution in [1.29, 1.82) is 0 Å². The summed E-state index contributed by atoms with van der Waals surface area (Å²) in [5, 5.41) is 7.85. The molecule has 1 aliphatic heterocycles. The predicted octanol–water partition coefficient (Wildman–Crippen LogP) is 1.74. The molecule has 0 aliphatic carbocycles. The van der Waals surface area contributed by atoms with Crippen molar-refractivity contribution in [2.24, 2.45) is 0 Å². The molecular weight excluding hydrogens is 371 g/mol. The molecule has 158 valence electrons. The third-order valence-electron chi connectivity index (χ3n) is 5.81. The van der Waals surface area contributed by atoms with E-state index in [1.807, 2.05) is 59.1 Å². The number of hydrogen-bond acceptors (Lipinski definition) is 7. The summed E-state index contributed by atoms with van der Waals surface area (Å²) in [7, 11) is 4.96. The van der Waals surface area contributed by atoms with Gasteiger partial charge in [-0.25, -0.2) is 4.68 Å². The number of rotatable bonds is 8. The zero-order valence-electron chi connectivity index (χ0n) is 18.4. The van der Waals surface area contributed by atoms with Gasteiger partial charge >= 0.3 is 7.12 Å². The lowest BCUT2D eigenvalue weighted by Gasteiger charge is -2.32. The highest BCUT2D eigenvalue weighted by atomic mass is 16.7. The summed E-state index contributed by atoms with van der Waals surface area (Å²) in [5.41, 5.74) is 1.14. The van der Waals surface area contributed by atoms with Crippen molar-refractivity contribution in [2.75, 3.05) is 32.7 Å². The number of methoxy groups -OCH3 is 2. The number of likely N-dealkylation sites (N-methyl/N-ethyl adjacent to an activating group) is 1. The predicted molar refractivity (Wildman–Crippen MR) is 113 cm³/mol. The molecule has 9 heteroatoms. The average Bonchev–Trinajstić information content (AvgIpc) is 3.25. The minimum absolute atomic E-state index is 0.0471. The molecule has 1 aromatic heterocycles. The van der Waals surface area contributed by atoms with Crippen LogP contribution < -0.4 is 15.1 Å². The van der Waals surface area contributed by atoms with Gasteiger partial charge in [-0.05, 0) is 45.3 Å². The van der Waals surface area contributed by atoms with E-state index in [1.165, 1.54) is 0 Å². The smallest absolute Gasteiger partial charge is 0.494 e. The van der Waals surface area contributed by atoms with Crippen LogP contribution in [0.25, 0.3) is 0 Å². The highest BCUT2D eigenvalue weighted by Crippen LogP contribution is 2.37. The van der Waals surface area contributed by atoms with E-state index in [0.717, 1.165) is 16.9 Å². The fourth-order valence-electron chi connectivity index (χ4n) is 3.28. The first-order chi connectivity index (χ1) is 13.7. The Hall–Kier alpha value is -2.10. The molecule has 0 bridgehead atoms. The van der Waals surface area contributed by atoms with Gasteiger partial charge in [-0.3, -0.25) is 0 Å². The van der Waals surface area contributed by atoms with Crippen LogP contribution in [0.4, 0.5) is 5.69 Å². The summed E-state index contributed by atoms with van der Waals surface area (Å²) in [4.78, 5) is 2.11. The van der Waals surface area contributed by atoms with Crippen LogP contribution in [0, 0.1) is 0 Å². The van der Waals surface area contributed by atoms with Gasteiger partial charge in [0.1, 0.15) is 5.75 Å². The Kier molecular flexibility index (Phi) is 6.21. The third-order valence-corrected chi connectivity index (χ3v) is 5.81. The average molecular weight is 402 g/mol. The van der Waals surface area contributed by atoms with Gasteiger partial charge in [0.2, 0.25) is 0 Å². The van der Waals surface area contributed by atoms with E-state index in [9.17, 15) is 0 Å². The van der Waals surface area contributed by atoms with Crippen LogP contribution in [-0.4, -0.2) is 67.2 Å². The number of hydrogen-bond donors (Lipinski definition) is 0. The molecule has 3 rings (SSSR count). The van der Waals surface area contributed by atoms with Crippen LogP contribution in [0.1, 0.15) is 27.7 Å². The molecule has 0 N–H and O–H groups in total. The standard InChI is InChI=1S/C20H31BN4O4/c1-19(2)20(3,4)29-21(28-19)15-8-9-17(18(12-15)27-7)24(5)13-16(26-6)14-25-11-10-22-23-25/h8-12,16H,13-14H2,1-7H3/t16-/m1/s1. The SMILES string of the molecule is COc1cc(B2OC(C)(C)C(C)(C)O2)ccc1N(C)C[C@H](Cn1ccnn1)OC. The lowest BCUT2D eigenvalue weighted by molar-refractivity contribution is 0.00578. The summed E-state index contributed by atoms with van der Waals surface area (Å²) < 4.78 is 25.4. The van der Waals surface area contributed by atoms with Crippen molar-refractivity contribution in [1.82, 2.24) is 15.0 Å². The zero-order valence-corrected chi connectivity index (χ0v) is 18.4. The van der Waals surface area contributed by atoms with E-state index in [1.54, 1.807) is 25.1 Å². The molecule has 0 unspecified atom stereocenters. The number of aromatic nitrogens is 3. The Balaban J connectivity index is 1.74. The molecule has 0 spiro atoms. The summed E-state index contributed by atoms with van der Waals surface area (Å²) in [5.74, 6) is 0.760. The van der Waals surface area contributed by atoms with Crippen LogP contribution in [0.2, 0.25) is 0 Å².